The van der Waals surface area contributed by atoms with Gasteiger partial charge in [-0.05, 0) is 47.2 Å². The third-order valence-corrected chi connectivity index (χ3v) is 4.93. The van der Waals surface area contributed by atoms with E-state index in [2.05, 4.69) is 6.07 Å². The molecule has 0 radical (unpaired) electrons. The summed E-state index contributed by atoms with van der Waals surface area (Å²) < 4.78 is 0. The maximum atomic E-state index is 12.8. The first-order valence-electron chi connectivity index (χ1n) is 7.85. The highest BCUT2D eigenvalue weighted by Crippen LogP contribution is 2.37. The van der Waals surface area contributed by atoms with Crippen LogP contribution in [-0.2, 0) is 24.2 Å². The van der Waals surface area contributed by atoms with E-state index in [1.165, 1.54) is 5.56 Å². The quantitative estimate of drug-likeness (QED) is 0.928. The molecule has 4 rings (SSSR count). The maximum absolute atomic E-state index is 12.8. The van der Waals surface area contributed by atoms with Crippen LogP contribution in [0.15, 0.2) is 42.5 Å². The number of carbonyl (C=O) groups is 2. The van der Waals surface area contributed by atoms with Gasteiger partial charge in [-0.1, -0.05) is 30.3 Å². The Balaban J connectivity index is 1.55. The van der Waals surface area contributed by atoms with E-state index in [0.717, 1.165) is 29.5 Å². The van der Waals surface area contributed by atoms with Crippen LogP contribution in [0, 0.1) is 0 Å². The minimum absolute atomic E-state index is 0.0320. The molecule has 0 saturated carbocycles. The van der Waals surface area contributed by atoms with Gasteiger partial charge in [0, 0.05) is 13.1 Å². The van der Waals surface area contributed by atoms with E-state index in [-0.39, 0.29) is 17.4 Å². The second-order valence-corrected chi connectivity index (χ2v) is 6.25. The fraction of sp³-hybridized carbons (Fsp3) is 0.263. The van der Waals surface area contributed by atoms with Crippen molar-refractivity contribution < 1.29 is 14.7 Å². The number of hydrogen-bond donors (Lipinski definition) is 1. The van der Waals surface area contributed by atoms with Crippen molar-refractivity contribution in [1.82, 2.24) is 4.90 Å². The number of carboxylic acid groups (broad SMARTS) is 1. The summed E-state index contributed by atoms with van der Waals surface area (Å²) in [6, 6.07) is 13.3. The van der Waals surface area contributed by atoms with Crippen LogP contribution in [0.5, 0.6) is 0 Å². The summed E-state index contributed by atoms with van der Waals surface area (Å²) in [7, 11) is 0. The Kier molecular flexibility index (Phi) is 3.18. The van der Waals surface area contributed by atoms with Crippen molar-refractivity contribution in [2.24, 2.45) is 0 Å². The first kappa shape index (κ1) is 14.0. The zero-order chi connectivity index (χ0) is 16.0. The van der Waals surface area contributed by atoms with Gasteiger partial charge in [0.2, 0.25) is 5.91 Å². The lowest BCUT2D eigenvalue weighted by Crippen LogP contribution is -2.42. The van der Waals surface area contributed by atoms with E-state index in [0.29, 0.717) is 13.1 Å². The van der Waals surface area contributed by atoms with Crippen LogP contribution in [0.3, 0.4) is 0 Å². The van der Waals surface area contributed by atoms with Crippen molar-refractivity contribution in [2.45, 2.75) is 25.3 Å². The molecule has 4 nitrogen and oxygen atoms in total. The predicted octanol–water partition coefficient (Wildman–Crippen LogP) is 2.61. The van der Waals surface area contributed by atoms with Crippen LogP contribution in [-0.4, -0.2) is 28.4 Å². The van der Waals surface area contributed by atoms with E-state index in [1.54, 1.807) is 12.1 Å². The van der Waals surface area contributed by atoms with Gasteiger partial charge in [0.25, 0.3) is 0 Å². The van der Waals surface area contributed by atoms with Crippen molar-refractivity contribution in [1.29, 1.82) is 0 Å². The first-order chi connectivity index (χ1) is 11.1. The smallest absolute Gasteiger partial charge is 0.335 e. The van der Waals surface area contributed by atoms with Crippen molar-refractivity contribution in [3.05, 3.63) is 70.3 Å². The van der Waals surface area contributed by atoms with E-state index in [9.17, 15) is 9.59 Å². The van der Waals surface area contributed by atoms with E-state index in [4.69, 9.17) is 5.11 Å². The molecular formula is C19H17NO3. The topological polar surface area (TPSA) is 57.6 Å². The molecule has 23 heavy (non-hydrogen) atoms. The fourth-order valence-electron chi connectivity index (χ4n) is 3.58. The summed E-state index contributed by atoms with van der Waals surface area (Å²) in [6.07, 6.45) is 1.60. The van der Waals surface area contributed by atoms with Gasteiger partial charge in [0.05, 0.1) is 11.5 Å². The molecule has 4 heteroatoms. The molecule has 0 bridgehead atoms. The van der Waals surface area contributed by atoms with E-state index >= 15 is 0 Å². The van der Waals surface area contributed by atoms with Crippen molar-refractivity contribution in [3.63, 3.8) is 0 Å². The highest BCUT2D eigenvalue weighted by atomic mass is 16.4. The predicted molar refractivity (Wildman–Crippen MR) is 85.4 cm³/mol. The Morgan fingerprint density at radius 3 is 2.65 bits per heavy atom. The molecule has 116 valence electrons. The third-order valence-electron chi connectivity index (χ3n) is 4.93. The molecule has 2 aliphatic rings. The van der Waals surface area contributed by atoms with Crippen LogP contribution in [0.2, 0.25) is 0 Å². The number of fused-ring (bicyclic) bond motifs is 2. The first-order valence-corrected chi connectivity index (χ1v) is 7.85. The summed E-state index contributed by atoms with van der Waals surface area (Å²) in [5.41, 5.74) is 4.79. The second-order valence-electron chi connectivity index (χ2n) is 6.25. The Morgan fingerprint density at radius 1 is 1.04 bits per heavy atom. The molecule has 1 heterocycles. The Labute approximate surface area is 134 Å². The minimum Gasteiger partial charge on any atom is -0.478 e. The normalized spacial score (nSPS) is 18.6. The standard InChI is InChI=1S/C19H17NO3/c21-18(17-10-13-3-1-2-4-16(13)17)20-8-7-12-5-6-14(19(22)23)9-15(12)11-20/h1-6,9,17H,7-8,10-11H2,(H,22,23). The summed E-state index contributed by atoms with van der Waals surface area (Å²) in [5, 5.41) is 9.13. The van der Waals surface area contributed by atoms with E-state index in [1.807, 2.05) is 29.2 Å². The molecule has 1 aliphatic heterocycles. The van der Waals surface area contributed by atoms with Crippen LogP contribution in [0.25, 0.3) is 0 Å². The third kappa shape index (κ3) is 2.31. The van der Waals surface area contributed by atoms with Gasteiger partial charge < -0.3 is 10.0 Å². The number of carboxylic acids is 1. The number of hydrogen-bond acceptors (Lipinski definition) is 2. The van der Waals surface area contributed by atoms with Gasteiger partial charge in [0.1, 0.15) is 0 Å². The molecule has 2 aromatic carbocycles. The molecule has 1 amide bonds. The molecule has 1 atom stereocenters. The van der Waals surface area contributed by atoms with Gasteiger partial charge in [-0.25, -0.2) is 4.79 Å². The number of rotatable bonds is 2. The summed E-state index contributed by atoms with van der Waals surface area (Å²) in [6.45, 7) is 1.21. The number of benzene rings is 2. The van der Waals surface area contributed by atoms with Crippen LogP contribution in [0.4, 0.5) is 0 Å². The Bertz CT molecular complexity index is 812. The average molecular weight is 307 g/mol. The highest BCUT2D eigenvalue weighted by Gasteiger charge is 2.35. The van der Waals surface area contributed by atoms with Gasteiger partial charge >= 0.3 is 5.97 Å². The molecule has 0 spiro atoms. The van der Waals surface area contributed by atoms with Crippen LogP contribution in [0.1, 0.15) is 38.5 Å². The second kappa shape index (κ2) is 5.23. The Hall–Kier alpha value is -2.62. The summed E-state index contributed by atoms with van der Waals surface area (Å²) >= 11 is 0. The van der Waals surface area contributed by atoms with E-state index < -0.39 is 5.97 Å². The van der Waals surface area contributed by atoms with Gasteiger partial charge in [0.15, 0.2) is 0 Å². The van der Waals surface area contributed by atoms with Gasteiger partial charge in [-0.2, -0.15) is 0 Å². The zero-order valence-electron chi connectivity index (χ0n) is 12.7. The SMILES string of the molecule is O=C(O)c1ccc2c(c1)CN(C(=O)C1Cc3ccccc31)CC2. The zero-order valence-corrected chi connectivity index (χ0v) is 12.7. The van der Waals surface area contributed by atoms with Crippen LogP contribution < -0.4 is 0 Å². The summed E-state index contributed by atoms with van der Waals surface area (Å²) in [5.74, 6) is -0.797. The van der Waals surface area contributed by atoms with Gasteiger partial charge in [-0.15, -0.1) is 0 Å². The fourth-order valence-corrected chi connectivity index (χ4v) is 3.58. The van der Waals surface area contributed by atoms with Gasteiger partial charge in [-0.3, -0.25) is 4.79 Å². The Morgan fingerprint density at radius 2 is 1.87 bits per heavy atom. The maximum Gasteiger partial charge on any atom is 0.335 e. The number of carbonyl (C=O) groups excluding carboxylic acids is 1. The van der Waals surface area contributed by atoms with Crippen LogP contribution >= 0.6 is 0 Å². The van der Waals surface area contributed by atoms with Crippen molar-refractivity contribution in [2.75, 3.05) is 6.54 Å². The lowest BCUT2D eigenvalue weighted by molar-refractivity contribution is -0.134. The molecule has 1 aliphatic carbocycles. The molecule has 0 aromatic heterocycles. The lowest BCUT2D eigenvalue weighted by Gasteiger charge is -2.36. The van der Waals surface area contributed by atoms with Crippen molar-refractivity contribution in [3.8, 4) is 0 Å². The average Bonchev–Trinajstić information content (AvgIpc) is 2.54. The number of nitrogens with zero attached hydrogens (tertiary/aromatic N) is 1. The number of aromatic carboxylic acids is 1. The molecule has 0 saturated heterocycles. The molecule has 1 unspecified atom stereocenters. The molecule has 1 N–H and O–H groups in total. The lowest BCUT2D eigenvalue weighted by atomic mass is 9.76. The highest BCUT2D eigenvalue weighted by molar-refractivity contribution is 5.89. The molecule has 0 fully saturated rings. The number of amides is 1. The molecular weight excluding hydrogens is 290 g/mol. The molecule has 2 aromatic rings. The monoisotopic (exact) mass is 307 g/mol. The largest absolute Gasteiger partial charge is 0.478 e. The minimum atomic E-state index is -0.927. The summed E-state index contributed by atoms with van der Waals surface area (Å²) in [4.78, 5) is 25.8. The van der Waals surface area contributed by atoms with Crippen molar-refractivity contribution >= 4 is 11.9 Å².